The van der Waals surface area contributed by atoms with E-state index in [0.717, 1.165) is 57.6 Å². The summed E-state index contributed by atoms with van der Waals surface area (Å²) >= 11 is 0. The second-order valence-corrected chi connectivity index (χ2v) is 7.39. The Kier molecular flexibility index (Phi) is 6.45. The zero-order valence-corrected chi connectivity index (χ0v) is 15.2. The third kappa shape index (κ3) is 5.03. The largest absolute Gasteiger partial charge is 0.396 e. The van der Waals surface area contributed by atoms with Crippen LogP contribution in [0, 0.1) is 5.92 Å². The van der Waals surface area contributed by atoms with E-state index < -0.39 is 0 Å². The summed E-state index contributed by atoms with van der Waals surface area (Å²) in [7, 11) is 0. The average Bonchev–Trinajstić information content (AvgIpc) is 2.87. The summed E-state index contributed by atoms with van der Waals surface area (Å²) in [4.78, 5) is 17.0. The minimum absolute atomic E-state index is 0.104. The molecule has 0 aliphatic carbocycles. The Morgan fingerprint density at radius 2 is 1.92 bits per heavy atom. The number of amides is 1. The summed E-state index contributed by atoms with van der Waals surface area (Å²) in [5.74, 6) is 0.573. The van der Waals surface area contributed by atoms with Gasteiger partial charge < -0.3 is 14.7 Å². The van der Waals surface area contributed by atoms with Crippen molar-refractivity contribution in [2.75, 3.05) is 39.4 Å². The van der Waals surface area contributed by atoms with E-state index in [9.17, 15) is 9.90 Å². The van der Waals surface area contributed by atoms with Crippen molar-refractivity contribution in [3.05, 3.63) is 35.4 Å². The summed E-state index contributed by atoms with van der Waals surface area (Å²) in [5, 5.41) is 9.23. The van der Waals surface area contributed by atoms with E-state index >= 15 is 0 Å². The molecule has 3 rings (SSSR count). The molecule has 0 spiro atoms. The molecule has 1 aromatic carbocycles. The van der Waals surface area contributed by atoms with Crippen molar-refractivity contribution in [3.63, 3.8) is 0 Å². The van der Waals surface area contributed by atoms with E-state index in [0.29, 0.717) is 19.1 Å². The maximum Gasteiger partial charge on any atom is 0.253 e. The van der Waals surface area contributed by atoms with Crippen LogP contribution in [0.3, 0.4) is 0 Å². The molecule has 0 saturated carbocycles. The third-order valence-corrected chi connectivity index (χ3v) is 5.31. The average molecular weight is 346 g/mol. The normalized spacial score (nSPS) is 23.4. The molecular weight excluding hydrogens is 316 g/mol. The molecule has 1 amide bonds. The highest BCUT2D eigenvalue weighted by Crippen LogP contribution is 2.19. The van der Waals surface area contributed by atoms with Gasteiger partial charge in [0.05, 0.1) is 6.10 Å². The summed E-state index contributed by atoms with van der Waals surface area (Å²) < 4.78 is 5.62. The topological polar surface area (TPSA) is 53.0 Å². The van der Waals surface area contributed by atoms with Gasteiger partial charge in [-0.15, -0.1) is 0 Å². The van der Waals surface area contributed by atoms with E-state index in [-0.39, 0.29) is 12.0 Å². The smallest absolute Gasteiger partial charge is 0.253 e. The molecule has 2 heterocycles. The van der Waals surface area contributed by atoms with Crippen LogP contribution in [0.2, 0.25) is 0 Å². The van der Waals surface area contributed by atoms with Gasteiger partial charge in [-0.05, 0) is 62.9 Å². The molecular formula is C20H30N2O3. The summed E-state index contributed by atoms with van der Waals surface area (Å²) in [6.45, 7) is 7.50. The van der Waals surface area contributed by atoms with E-state index in [4.69, 9.17) is 4.74 Å². The van der Waals surface area contributed by atoms with E-state index in [1.807, 2.05) is 24.0 Å². The number of likely N-dealkylation sites (tertiary alicyclic amines) is 1. The number of piperidine rings is 1. The highest BCUT2D eigenvalue weighted by atomic mass is 16.5. The fraction of sp³-hybridized carbons (Fsp3) is 0.650. The molecule has 2 aliphatic rings. The Morgan fingerprint density at radius 1 is 1.20 bits per heavy atom. The van der Waals surface area contributed by atoms with Gasteiger partial charge in [-0.3, -0.25) is 9.69 Å². The van der Waals surface area contributed by atoms with Crippen LogP contribution >= 0.6 is 0 Å². The Labute approximate surface area is 150 Å². The Hall–Kier alpha value is -1.43. The molecule has 1 atom stereocenters. The molecule has 0 bridgehead atoms. The molecule has 2 aliphatic heterocycles. The van der Waals surface area contributed by atoms with E-state index in [1.165, 1.54) is 5.56 Å². The summed E-state index contributed by atoms with van der Waals surface area (Å²) in [6, 6.07) is 8.05. The lowest BCUT2D eigenvalue weighted by Gasteiger charge is -2.31. The molecule has 0 radical (unpaired) electrons. The predicted octanol–water partition coefficient (Wildman–Crippen LogP) is 2.14. The fourth-order valence-electron chi connectivity index (χ4n) is 3.70. The second-order valence-electron chi connectivity index (χ2n) is 7.39. The molecule has 1 unspecified atom stereocenters. The van der Waals surface area contributed by atoms with Gasteiger partial charge in [0.1, 0.15) is 0 Å². The van der Waals surface area contributed by atoms with Crippen LogP contribution in [-0.2, 0) is 11.3 Å². The Morgan fingerprint density at radius 3 is 2.60 bits per heavy atom. The second kappa shape index (κ2) is 8.79. The number of aliphatic hydroxyl groups is 1. The zero-order valence-electron chi connectivity index (χ0n) is 15.2. The highest BCUT2D eigenvalue weighted by Gasteiger charge is 2.21. The van der Waals surface area contributed by atoms with Crippen molar-refractivity contribution in [1.29, 1.82) is 0 Å². The standard InChI is InChI=1S/C20H30N2O3/c1-16-13-22(9-2-12-25-16)20(24)19-5-3-17(4-6-19)14-21-10-7-18(15-23)8-11-21/h3-6,16,18,23H,2,7-15H2,1H3. The van der Waals surface area contributed by atoms with Crippen LogP contribution in [0.4, 0.5) is 0 Å². The highest BCUT2D eigenvalue weighted by molar-refractivity contribution is 5.94. The van der Waals surface area contributed by atoms with Gasteiger partial charge in [0.15, 0.2) is 0 Å². The number of aliphatic hydroxyl groups excluding tert-OH is 1. The number of rotatable bonds is 4. The van der Waals surface area contributed by atoms with Gasteiger partial charge in [0, 0.05) is 38.4 Å². The van der Waals surface area contributed by atoms with Gasteiger partial charge in [-0.25, -0.2) is 0 Å². The molecule has 1 aromatic rings. The van der Waals surface area contributed by atoms with Gasteiger partial charge in [-0.1, -0.05) is 12.1 Å². The first kappa shape index (κ1) is 18.4. The molecule has 0 aromatic heterocycles. The SMILES string of the molecule is CC1CN(C(=O)c2ccc(CN3CCC(CO)CC3)cc2)CCCO1. The van der Waals surface area contributed by atoms with Crippen LogP contribution in [0.5, 0.6) is 0 Å². The fourth-order valence-corrected chi connectivity index (χ4v) is 3.70. The third-order valence-electron chi connectivity index (χ3n) is 5.31. The van der Waals surface area contributed by atoms with Crippen molar-refractivity contribution in [2.45, 2.75) is 38.8 Å². The van der Waals surface area contributed by atoms with E-state index in [2.05, 4.69) is 17.0 Å². The predicted molar refractivity (Wildman–Crippen MR) is 97.5 cm³/mol. The number of hydrogen-bond donors (Lipinski definition) is 1. The first-order valence-electron chi connectivity index (χ1n) is 9.48. The molecule has 1 N–H and O–H groups in total. The van der Waals surface area contributed by atoms with Gasteiger partial charge in [-0.2, -0.15) is 0 Å². The zero-order chi connectivity index (χ0) is 17.6. The molecule has 2 fully saturated rings. The maximum absolute atomic E-state index is 12.7. The van der Waals surface area contributed by atoms with Crippen molar-refractivity contribution < 1.29 is 14.6 Å². The van der Waals surface area contributed by atoms with Crippen molar-refractivity contribution >= 4 is 5.91 Å². The van der Waals surface area contributed by atoms with E-state index in [1.54, 1.807) is 0 Å². The minimum Gasteiger partial charge on any atom is -0.396 e. The van der Waals surface area contributed by atoms with Crippen molar-refractivity contribution in [1.82, 2.24) is 9.80 Å². The number of hydrogen-bond acceptors (Lipinski definition) is 4. The number of carbonyl (C=O) groups excluding carboxylic acids is 1. The molecule has 2 saturated heterocycles. The monoisotopic (exact) mass is 346 g/mol. The Bertz CT molecular complexity index is 553. The molecule has 5 nitrogen and oxygen atoms in total. The lowest BCUT2D eigenvalue weighted by Crippen LogP contribution is -2.36. The molecule has 25 heavy (non-hydrogen) atoms. The van der Waals surface area contributed by atoms with Crippen LogP contribution in [0.15, 0.2) is 24.3 Å². The van der Waals surface area contributed by atoms with Gasteiger partial charge in [0.25, 0.3) is 5.91 Å². The first-order valence-corrected chi connectivity index (χ1v) is 9.48. The van der Waals surface area contributed by atoms with Crippen molar-refractivity contribution in [2.24, 2.45) is 5.92 Å². The summed E-state index contributed by atoms with van der Waals surface area (Å²) in [5.41, 5.74) is 2.00. The molecule has 138 valence electrons. The van der Waals surface area contributed by atoms with Crippen LogP contribution < -0.4 is 0 Å². The van der Waals surface area contributed by atoms with Crippen LogP contribution in [-0.4, -0.2) is 66.3 Å². The quantitative estimate of drug-likeness (QED) is 0.908. The lowest BCUT2D eigenvalue weighted by atomic mass is 9.97. The number of nitrogens with zero attached hydrogens (tertiary/aromatic N) is 2. The van der Waals surface area contributed by atoms with Gasteiger partial charge in [0.2, 0.25) is 0 Å². The number of carbonyl (C=O) groups is 1. The van der Waals surface area contributed by atoms with Gasteiger partial charge >= 0.3 is 0 Å². The minimum atomic E-state index is 0.104. The summed E-state index contributed by atoms with van der Waals surface area (Å²) in [6.07, 6.45) is 3.15. The lowest BCUT2D eigenvalue weighted by molar-refractivity contribution is 0.0562. The van der Waals surface area contributed by atoms with Crippen LogP contribution in [0.1, 0.15) is 42.1 Å². The molecule has 5 heteroatoms. The number of benzene rings is 1. The Balaban J connectivity index is 1.55. The number of ether oxygens (including phenoxy) is 1. The van der Waals surface area contributed by atoms with Crippen molar-refractivity contribution in [3.8, 4) is 0 Å². The first-order chi connectivity index (χ1) is 12.2. The van der Waals surface area contributed by atoms with Crippen LogP contribution in [0.25, 0.3) is 0 Å². The maximum atomic E-state index is 12.7.